The third-order valence-electron chi connectivity index (χ3n) is 9.31. The molecular formula is C27H43N5O4S. The van der Waals surface area contributed by atoms with Crippen molar-refractivity contribution < 1.29 is 19.1 Å². The van der Waals surface area contributed by atoms with Crippen LogP contribution < -0.4 is 16.0 Å². The normalized spacial score (nSPS) is 42.5. The van der Waals surface area contributed by atoms with E-state index in [0.29, 0.717) is 31.8 Å². The van der Waals surface area contributed by atoms with Crippen molar-refractivity contribution in [3.8, 4) is 6.07 Å². The molecule has 9 nitrogen and oxygen atoms in total. The van der Waals surface area contributed by atoms with Crippen molar-refractivity contribution in [3.63, 3.8) is 0 Å². The molecule has 4 aliphatic heterocycles. The minimum atomic E-state index is -0.283. The number of nitrogens with one attached hydrogen (secondary N) is 3. The number of thioether (sulfide) groups is 1. The van der Waals surface area contributed by atoms with E-state index in [-0.39, 0.29) is 58.4 Å². The maximum Gasteiger partial charge on any atom is 0.251 e. The summed E-state index contributed by atoms with van der Waals surface area (Å²) < 4.78 is 11.6. The standard InChI is InChI=1S/C27H43N5O4S/c1-16-11-18(19-12-17(13-28)6-7-22(19)35-2)20(14-29-16)25(33)31-27-30-21-8-9-32(15-24(21)37-27)26(34)23-5-3-4-10-36-23/h16-24,27,29-30H,3-12,14-15H2,1-2H3,(H,31,33). The highest BCUT2D eigenvalue weighted by atomic mass is 32.2. The van der Waals surface area contributed by atoms with Gasteiger partial charge in [0, 0.05) is 56.6 Å². The Morgan fingerprint density at radius 2 is 2.03 bits per heavy atom. The first kappa shape index (κ1) is 27.2. The van der Waals surface area contributed by atoms with Crippen molar-refractivity contribution in [2.24, 2.45) is 23.7 Å². The molecule has 0 aromatic heterocycles. The van der Waals surface area contributed by atoms with E-state index >= 15 is 0 Å². The SMILES string of the molecule is COC1CCC(C#N)CC1C1CC(C)NCC1C(=O)NC1NC2CCN(C(=O)C3CCCCO3)CC2S1. The summed E-state index contributed by atoms with van der Waals surface area (Å²) in [7, 11) is 1.76. The lowest BCUT2D eigenvalue weighted by Crippen LogP contribution is -2.56. The largest absolute Gasteiger partial charge is 0.381 e. The minimum Gasteiger partial charge on any atom is -0.381 e. The Hall–Kier alpha value is -1.38. The van der Waals surface area contributed by atoms with Crippen LogP contribution in [0.5, 0.6) is 0 Å². The van der Waals surface area contributed by atoms with Crippen LogP contribution in [0.2, 0.25) is 0 Å². The number of carbonyl (C=O) groups is 2. The first-order chi connectivity index (χ1) is 18.0. The summed E-state index contributed by atoms with van der Waals surface area (Å²) in [5.41, 5.74) is -0.153. The number of ether oxygens (including phenoxy) is 2. The van der Waals surface area contributed by atoms with Crippen LogP contribution in [0.3, 0.4) is 0 Å². The van der Waals surface area contributed by atoms with E-state index in [2.05, 4.69) is 28.9 Å². The molecule has 10 heteroatoms. The number of piperidine rings is 2. The minimum absolute atomic E-state index is 0.0464. The second-order valence-corrected chi connectivity index (χ2v) is 13.0. The van der Waals surface area contributed by atoms with Gasteiger partial charge in [-0.05, 0) is 70.1 Å². The molecule has 4 saturated heterocycles. The number of methoxy groups -OCH3 is 1. The molecule has 1 saturated carbocycles. The van der Waals surface area contributed by atoms with Crippen molar-refractivity contribution >= 4 is 23.6 Å². The third-order valence-corrected chi connectivity index (χ3v) is 10.7. The fraction of sp³-hybridized carbons (Fsp3) is 0.889. The van der Waals surface area contributed by atoms with Gasteiger partial charge in [0.05, 0.1) is 18.1 Å². The second-order valence-electron chi connectivity index (χ2n) is 11.7. The van der Waals surface area contributed by atoms with E-state index in [9.17, 15) is 14.9 Å². The number of carbonyl (C=O) groups excluding carboxylic acids is 2. The number of fused-ring (bicyclic) bond motifs is 1. The molecule has 5 fully saturated rings. The predicted octanol–water partition coefficient (Wildman–Crippen LogP) is 1.83. The molecule has 10 unspecified atom stereocenters. The van der Waals surface area contributed by atoms with Crippen LogP contribution in [0.1, 0.15) is 58.3 Å². The van der Waals surface area contributed by atoms with Gasteiger partial charge in [-0.15, -0.1) is 11.8 Å². The summed E-state index contributed by atoms with van der Waals surface area (Å²) >= 11 is 1.74. The summed E-state index contributed by atoms with van der Waals surface area (Å²) in [5.74, 6) is 0.512. The number of rotatable bonds is 5. The fourth-order valence-corrected chi connectivity index (χ4v) is 8.70. The van der Waals surface area contributed by atoms with E-state index < -0.39 is 0 Å². The van der Waals surface area contributed by atoms with Crippen molar-refractivity contribution in [1.82, 2.24) is 20.9 Å². The Balaban J connectivity index is 1.19. The molecule has 4 heterocycles. The monoisotopic (exact) mass is 533 g/mol. The average molecular weight is 534 g/mol. The summed E-state index contributed by atoms with van der Waals surface area (Å²) in [4.78, 5) is 28.6. The molecule has 206 valence electrons. The molecule has 10 atom stereocenters. The van der Waals surface area contributed by atoms with Crippen LogP contribution in [0, 0.1) is 35.0 Å². The number of hydrogen-bond acceptors (Lipinski definition) is 8. The van der Waals surface area contributed by atoms with Gasteiger partial charge in [-0.25, -0.2) is 0 Å². The van der Waals surface area contributed by atoms with Crippen LogP contribution in [0.25, 0.3) is 0 Å². The van der Waals surface area contributed by atoms with Crippen molar-refractivity contribution in [3.05, 3.63) is 0 Å². The van der Waals surface area contributed by atoms with Crippen LogP contribution in [-0.4, -0.2) is 85.1 Å². The average Bonchev–Trinajstić information content (AvgIpc) is 3.34. The molecule has 5 rings (SSSR count). The Morgan fingerprint density at radius 3 is 2.78 bits per heavy atom. The summed E-state index contributed by atoms with van der Waals surface area (Å²) in [6.45, 7) is 4.94. The zero-order chi connectivity index (χ0) is 25.9. The van der Waals surface area contributed by atoms with E-state index in [4.69, 9.17) is 9.47 Å². The Kier molecular flexibility index (Phi) is 8.97. The van der Waals surface area contributed by atoms with Gasteiger partial charge in [0.15, 0.2) is 0 Å². The number of hydrogen-bond donors (Lipinski definition) is 3. The summed E-state index contributed by atoms with van der Waals surface area (Å²) in [6, 6.07) is 3.10. The van der Waals surface area contributed by atoms with Gasteiger partial charge < -0.3 is 25.0 Å². The van der Waals surface area contributed by atoms with Gasteiger partial charge in [-0.2, -0.15) is 5.26 Å². The zero-order valence-electron chi connectivity index (χ0n) is 22.2. The highest BCUT2D eigenvalue weighted by Crippen LogP contribution is 2.42. The van der Waals surface area contributed by atoms with E-state index in [0.717, 1.165) is 57.9 Å². The number of nitrogens with zero attached hydrogens (tertiary/aromatic N) is 2. The lowest BCUT2D eigenvalue weighted by atomic mass is 9.66. The maximum absolute atomic E-state index is 13.7. The predicted molar refractivity (Wildman–Crippen MR) is 141 cm³/mol. The maximum atomic E-state index is 13.7. The highest BCUT2D eigenvalue weighted by Gasteiger charge is 2.46. The number of nitriles is 1. The van der Waals surface area contributed by atoms with Gasteiger partial charge in [0.2, 0.25) is 5.91 Å². The Labute approximate surface area is 225 Å². The van der Waals surface area contributed by atoms with Crippen LogP contribution >= 0.6 is 11.8 Å². The van der Waals surface area contributed by atoms with Crippen LogP contribution in [0.15, 0.2) is 0 Å². The molecule has 3 N–H and O–H groups in total. The van der Waals surface area contributed by atoms with Crippen LogP contribution in [-0.2, 0) is 19.1 Å². The first-order valence-electron chi connectivity index (χ1n) is 14.2. The van der Waals surface area contributed by atoms with Gasteiger partial charge in [0.25, 0.3) is 5.91 Å². The molecule has 0 aromatic carbocycles. The van der Waals surface area contributed by atoms with Crippen molar-refractivity contribution in [2.45, 2.75) is 93.3 Å². The lowest BCUT2D eigenvalue weighted by molar-refractivity contribution is -0.147. The molecule has 0 bridgehead atoms. The molecule has 0 spiro atoms. The topological polar surface area (TPSA) is 116 Å². The van der Waals surface area contributed by atoms with E-state index in [1.165, 1.54) is 0 Å². The van der Waals surface area contributed by atoms with Gasteiger partial charge in [0.1, 0.15) is 11.6 Å². The lowest BCUT2D eigenvalue weighted by Gasteiger charge is -2.44. The molecule has 37 heavy (non-hydrogen) atoms. The Morgan fingerprint density at radius 1 is 1.16 bits per heavy atom. The number of likely N-dealkylation sites (tertiary alicyclic amines) is 1. The first-order valence-corrected chi connectivity index (χ1v) is 15.2. The quantitative estimate of drug-likeness (QED) is 0.490. The molecule has 0 aromatic rings. The molecular weight excluding hydrogens is 490 g/mol. The molecule has 2 amide bonds. The smallest absolute Gasteiger partial charge is 0.251 e. The van der Waals surface area contributed by atoms with Crippen LogP contribution in [0.4, 0.5) is 0 Å². The van der Waals surface area contributed by atoms with Crippen molar-refractivity contribution in [1.29, 1.82) is 5.26 Å². The molecule has 5 aliphatic rings. The van der Waals surface area contributed by atoms with Gasteiger partial charge >= 0.3 is 0 Å². The Bertz CT molecular complexity index is 864. The molecule has 0 radical (unpaired) electrons. The molecule has 1 aliphatic carbocycles. The van der Waals surface area contributed by atoms with Gasteiger partial charge in [-0.3, -0.25) is 14.9 Å². The van der Waals surface area contributed by atoms with Crippen molar-refractivity contribution in [2.75, 3.05) is 33.4 Å². The summed E-state index contributed by atoms with van der Waals surface area (Å²) in [6.07, 6.45) is 7.12. The second kappa shape index (κ2) is 12.2. The summed E-state index contributed by atoms with van der Waals surface area (Å²) in [5, 5.41) is 20.3. The van der Waals surface area contributed by atoms with Gasteiger partial charge in [-0.1, -0.05) is 0 Å². The van der Waals surface area contributed by atoms with E-state index in [1.54, 1.807) is 18.9 Å². The zero-order valence-corrected chi connectivity index (χ0v) is 23.0. The third kappa shape index (κ3) is 6.11. The van der Waals surface area contributed by atoms with E-state index in [1.807, 2.05) is 4.90 Å². The number of amides is 2. The fourth-order valence-electron chi connectivity index (χ4n) is 7.24. The highest BCUT2D eigenvalue weighted by molar-refractivity contribution is 8.00.